The SMILES string of the molecule is CC(C)(C)n1c(-c2ccccc2)c(-c2ccccc2)c(=O)c2ccccc21. The molecule has 0 amide bonds. The number of hydrogen-bond acceptors (Lipinski definition) is 1. The summed E-state index contributed by atoms with van der Waals surface area (Å²) in [6, 6.07) is 28.1. The van der Waals surface area contributed by atoms with E-state index in [4.69, 9.17) is 0 Å². The normalized spacial score (nSPS) is 11.7. The van der Waals surface area contributed by atoms with Crippen molar-refractivity contribution >= 4 is 10.9 Å². The Morgan fingerprint density at radius 1 is 0.667 bits per heavy atom. The van der Waals surface area contributed by atoms with E-state index in [-0.39, 0.29) is 11.0 Å². The molecule has 2 nitrogen and oxygen atoms in total. The molecule has 4 aromatic rings. The molecule has 3 aromatic carbocycles. The summed E-state index contributed by atoms with van der Waals surface area (Å²) in [5, 5.41) is 0.756. The van der Waals surface area contributed by atoms with Gasteiger partial charge in [0.2, 0.25) is 0 Å². The molecule has 1 heterocycles. The summed E-state index contributed by atoms with van der Waals surface area (Å²) in [7, 11) is 0. The minimum Gasteiger partial charge on any atom is -0.334 e. The number of pyridine rings is 1. The quantitative estimate of drug-likeness (QED) is 0.427. The second-order valence-corrected chi connectivity index (χ2v) is 7.81. The summed E-state index contributed by atoms with van der Waals surface area (Å²) in [4.78, 5) is 13.6. The molecule has 4 rings (SSSR count). The van der Waals surface area contributed by atoms with Crippen molar-refractivity contribution in [3.05, 3.63) is 95.2 Å². The summed E-state index contributed by atoms with van der Waals surface area (Å²) < 4.78 is 2.31. The van der Waals surface area contributed by atoms with Crippen LogP contribution in [0.25, 0.3) is 33.3 Å². The van der Waals surface area contributed by atoms with Crippen molar-refractivity contribution in [1.29, 1.82) is 0 Å². The van der Waals surface area contributed by atoms with Crippen LogP contribution in [-0.4, -0.2) is 4.57 Å². The van der Waals surface area contributed by atoms with Gasteiger partial charge in [0.25, 0.3) is 0 Å². The van der Waals surface area contributed by atoms with E-state index in [1.807, 2.05) is 72.8 Å². The molecular weight excluding hydrogens is 330 g/mol. The third-order valence-corrected chi connectivity index (χ3v) is 4.86. The van der Waals surface area contributed by atoms with E-state index in [9.17, 15) is 4.79 Å². The summed E-state index contributed by atoms with van der Waals surface area (Å²) in [6.07, 6.45) is 0. The van der Waals surface area contributed by atoms with Crippen molar-refractivity contribution in [2.45, 2.75) is 26.3 Å². The van der Waals surface area contributed by atoms with Crippen LogP contribution in [0.15, 0.2) is 89.7 Å². The predicted octanol–water partition coefficient (Wildman–Crippen LogP) is 6.09. The van der Waals surface area contributed by atoms with Gasteiger partial charge in [0.15, 0.2) is 5.43 Å². The van der Waals surface area contributed by atoms with Crippen LogP contribution in [0.4, 0.5) is 0 Å². The maximum Gasteiger partial charge on any atom is 0.197 e. The van der Waals surface area contributed by atoms with Gasteiger partial charge in [0.05, 0.1) is 16.8 Å². The fraction of sp³-hybridized carbons (Fsp3) is 0.160. The van der Waals surface area contributed by atoms with Gasteiger partial charge in [-0.1, -0.05) is 72.8 Å². The largest absolute Gasteiger partial charge is 0.334 e. The van der Waals surface area contributed by atoms with E-state index in [1.54, 1.807) is 0 Å². The lowest BCUT2D eigenvalue weighted by Gasteiger charge is -2.31. The zero-order valence-corrected chi connectivity index (χ0v) is 15.9. The van der Waals surface area contributed by atoms with Crippen molar-refractivity contribution in [1.82, 2.24) is 4.57 Å². The second kappa shape index (κ2) is 6.55. The Labute approximate surface area is 159 Å². The topological polar surface area (TPSA) is 22.0 Å². The summed E-state index contributed by atoms with van der Waals surface area (Å²) in [5.74, 6) is 0. The number of hydrogen-bond donors (Lipinski definition) is 0. The Hall–Kier alpha value is -3.13. The molecule has 0 atom stereocenters. The lowest BCUT2D eigenvalue weighted by atomic mass is 9.93. The Morgan fingerprint density at radius 3 is 1.78 bits per heavy atom. The number of para-hydroxylation sites is 1. The van der Waals surface area contributed by atoms with Crippen LogP contribution >= 0.6 is 0 Å². The Balaban J connectivity index is 2.28. The van der Waals surface area contributed by atoms with Crippen molar-refractivity contribution in [3.8, 4) is 22.4 Å². The zero-order chi connectivity index (χ0) is 19.0. The first kappa shape index (κ1) is 17.3. The maximum atomic E-state index is 13.6. The molecule has 0 radical (unpaired) electrons. The number of rotatable bonds is 2. The Kier molecular flexibility index (Phi) is 4.19. The van der Waals surface area contributed by atoms with Gasteiger partial charge in [-0.3, -0.25) is 4.79 Å². The summed E-state index contributed by atoms with van der Waals surface area (Å²) in [5.41, 5.74) is 4.58. The highest BCUT2D eigenvalue weighted by molar-refractivity contribution is 5.92. The molecule has 0 spiro atoms. The summed E-state index contributed by atoms with van der Waals surface area (Å²) in [6.45, 7) is 6.56. The van der Waals surface area contributed by atoms with Crippen LogP contribution in [0.3, 0.4) is 0 Å². The van der Waals surface area contributed by atoms with Crippen LogP contribution in [-0.2, 0) is 5.54 Å². The highest BCUT2D eigenvalue weighted by Gasteiger charge is 2.25. The van der Waals surface area contributed by atoms with E-state index >= 15 is 0 Å². The van der Waals surface area contributed by atoms with Gasteiger partial charge in [0, 0.05) is 10.9 Å². The van der Waals surface area contributed by atoms with Crippen molar-refractivity contribution in [2.24, 2.45) is 0 Å². The molecule has 27 heavy (non-hydrogen) atoms. The molecule has 0 saturated heterocycles. The Bertz CT molecular complexity index is 1150. The first-order chi connectivity index (χ1) is 13.0. The van der Waals surface area contributed by atoms with Gasteiger partial charge < -0.3 is 4.57 Å². The van der Waals surface area contributed by atoms with E-state index in [0.29, 0.717) is 0 Å². The van der Waals surface area contributed by atoms with Crippen molar-refractivity contribution < 1.29 is 0 Å². The average molecular weight is 353 g/mol. The number of aromatic nitrogens is 1. The van der Waals surface area contributed by atoms with Gasteiger partial charge >= 0.3 is 0 Å². The lowest BCUT2D eigenvalue weighted by molar-refractivity contribution is 0.413. The molecule has 0 saturated carbocycles. The maximum absolute atomic E-state index is 13.6. The Morgan fingerprint density at radius 2 is 1.19 bits per heavy atom. The van der Waals surface area contributed by atoms with Gasteiger partial charge in [-0.25, -0.2) is 0 Å². The molecule has 0 fully saturated rings. The van der Waals surface area contributed by atoms with Crippen molar-refractivity contribution in [2.75, 3.05) is 0 Å². The minimum absolute atomic E-state index is 0.0798. The second-order valence-electron chi connectivity index (χ2n) is 7.81. The molecule has 0 unspecified atom stereocenters. The number of fused-ring (bicyclic) bond motifs is 1. The van der Waals surface area contributed by atoms with Gasteiger partial charge in [-0.2, -0.15) is 0 Å². The van der Waals surface area contributed by atoms with Gasteiger partial charge in [-0.15, -0.1) is 0 Å². The molecule has 0 aliphatic rings. The number of nitrogens with zero attached hydrogens (tertiary/aromatic N) is 1. The molecule has 1 aromatic heterocycles. The smallest absolute Gasteiger partial charge is 0.197 e. The van der Waals surface area contributed by atoms with E-state index < -0.39 is 0 Å². The standard InChI is InChI=1S/C25H23NO/c1-25(2,3)26-21-17-11-10-16-20(21)24(27)22(18-12-6-4-7-13-18)23(26)19-14-8-5-9-15-19/h4-17H,1-3H3. The lowest BCUT2D eigenvalue weighted by Crippen LogP contribution is -2.28. The first-order valence-corrected chi connectivity index (χ1v) is 9.27. The fourth-order valence-electron chi connectivity index (χ4n) is 3.77. The molecule has 0 bridgehead atoms. The van der Waals surface area contributed by atoms with E-state index in [2.05, 4.69) is 37.5 Å². The third kappa shape index (κ3) is 2.97. The molecular formula is C25H23NO. The zero-order valence-electron chi connectivity index (χ0n) is 15.9. The van der Waals surface area contributed by atoms with Crippen LogP contribution in [0.1, 0.15) is 20.8 Å². The number of benzene rings is 3. The third-order valence-electron chi connectivity index (χ3n) is 4.86. The molecule has 0 aliphatic heterocycles. The predicted molar refractivity (Wildman–Crippen MR) is 114 cm³/mol. The van der Waals surface area contributed by atoms with Crippen molar-refractivity contribution in [3.63, 3.8) is 0 Å². The van der Waals surface area contributed by atoms with E-state index in [0.717, 1.165) is 33.3 Å². The monoisotopic (exact) mass is 353 g/mol. The first-order valence-electron chi connectivity index (χ1n) is 9.27. The van der Waals surface area contributed by atoms with Gasteiger partial charge in [-0.05, 0) is 44.0 Å². The minimum atomic E-state index is -0.192. The molecule has 2 heteroatoms. The van der Waals surface area contributed by atoms with Crippen LogP contribution < -0.4 is 5.43 Å². The molecule has 134 valence electrons. The highest BCUT2D eigenvalue weighted by Crippen LogP contribution is 2.36. The highest BCUT2D eigenvalue weighted by atomic mass is 16.1. The van der Waals surface area contributed by atoms with Crippen LogP contribution in [0.5, 0.6) is 0 Å². The fourth-order valence-corrected chi connectivity index (χ4v) is 3.77. The van der Waals surface area contributed by atoms with Gasteiger partial charge in [0.1, 0.15) is 0 Å². The molecule has 0 aliphatic carbocycles. The summed E-state index contributed by atoms with van der Waals surface area (Å²) >= 11 is 0. The van der Waals surface area contributed by atoms with Crippen LogP contribution in [0.2, 0.25) is 0 Å². The average Bonchev–Trinajstić information content (AvgIpc) is 2.68. The van der Waals surface area contributed by atoms with Crippen LogP contribution in [0, 0.1) is 0 Å². The molecule has 0 N–H and O–H groups in total. The van der Waals surface area contributed by atoms with E-state index in [1.165, 1.54) is 0 Å².